The lowest BCUT2D eigenvalue weighted by Crippen LogP contribution is -2.36. The Bertz CT molecular complexity index is 861. The summed E-state index contributed by atoms with van der Waals surface area (Å²) in [4.78, 5) is 12.7. The second-order valence-electron chi connectivity index (χ2n) is 7.21. The number of rotatable bonds is 3. The van der Waals surface area contributed by atoms with Gasteiger partial charge in [-0.2, -0.15) is 5.26 Å². The van der Waals surface area contributed by atoms with Gasteiger partial charge in [-0.3, -0.25) is 4.79 Å². The fourth-order valence-corrected chi connectivity index (χ4v) is 3.68. The molecule has 6 nitrogen and oxygen atoms in total. The van der Waals surface area contributed by atoms with Crippen LogP contribution in [0.5, 0.6) is 0 Å². The number of nitriles is 1. The Morgan fingerprint density at radius 1 is 1.11 bits per heavy atom. The first-order chi connectivity index (χ1) is 13.6. The van der Waals surface area contributed by atoms with Gasteiger partial charge in [0.15, 0.2) is 0 Å². The molecule has 6 heteroatoms. The number of amides is 1. The van der Waals surface area contributed by atoms with Crippen molar-refractivity contribution in [2.45, 2.75) is 31.7 Å². The van der Waals surface area contributed by atoms with Crippen molar-refractivity contribution in [3.05, 3.63) is 48.0 Å². The van der Waals surface area contributed by atoms with Crippen LogP contribution >= 0.6 is 0 Å². The predicted octanol–water partition coefficient (Wildman–Crippen LogP) is 2.63. The third kappa shape index (κ3) is 4.81. The lowest BCUT2D eigenvalue weighted by atomic mass is 10.0. The lowest BCUT2D eigenvalue weighted by molar-refractivity contribution is -0.119. The molecule has 4 rings (SSSR count). The molecule has 2 saturated heterocycles. The summed E-state index contributed by atoms with van der Waals surface area (Å²) < 4.78 is 0. The molecule has 1 unspecified atom stereocenters. The number of nitrogens with one attached hydrogen (secondary N) is 1. The fourth-order valence-electron chi connectivity index (χ4n) is 3.68. The molecule has 28 heavy (non-hydrogen) atoms. The number of hydrogen-bond acceptors (Lipinski definition) is 5. The highest BCUT2D eigenvalue weighted by Gasteiger charge is 2.18. The van der Waals surface area contributed by atoms with Gasteiger partial charge in [0.2, 0.25) is 5.91 Å². The molecular formula is C22H27N5O. The van der Waals surface area contributed by atoms with E-state index in [9.17, 15) is 10.1 Å². The minimum absolute atomic E-state index is 0.0463. The first-order valence-corrected chi connectivity index (χ1v) is 9.76. The van der Waals surface area contributed by atoms with E-state index in [1.807, 2.05) is 30.3 Å². The summed E-state index contributed by atoms with van der Waals surface area (Å²) in [6.45, 7) is 3.03. The highest BCUT2D eigenvalue weighted by Crippen LogP contribution is 2.29. The third-order valence-electron chi connectivity index (χ3n) is 5.19. The molecule has 0 aliphatic carbocycles. The molecule has 2 aromatic carbocycles. The molecule has 2 aliphatic heterocycles. The van der Waals surface area contributed by atoms with E-state index in [1.54, 1.807) is 0 Å². The molecule has 2 aromatic rings. The standard InChI is InChI=1S/C17H17N3.C5H10N2O/c18-12-15-10-14(13-4-3-5-16(19)11-13)6-7-17(15)20-8-1-2-9-20;6-5(8)4-2-1-3-7-4/h3-7,10-11H,1-2,8-9,19H2;4,7H,1-3H2,(H2,6,8). The van der Waals surface area contributed by atoms with Crippen molar-refractivity contribution in [1.29, 1.82) is 5.26 Å². The largest absolute Gasteiger partial charge is 0.399 e. The van der Waals surface area contributed by atoms with Crippen molar-refractivity contribution in [3.8, 4) is 17.2 Å². The van der Waals surface area contributed by atoms with Gasteiger partial charge in [0.05, 0.1) is 17.3 Å². The monoisotopic (exact) mass is 377 g/mol. The Morgan fingerprint density at radius 3 is 2.43 bits per heavy atom. The first-order valence-electron chi connectivity index (χ1n) is 9.76. The molecule has 146 valence electrons. The van der Waals surface area contributed by atoms with Gasteiger partial charge in [0.25, 0.3) is 0 Å². The van der Waals surface area contributed by atoms with Crippen LogP contribution in [0.3, 0.4) is 0 Å². The van der Waals surface area contributed by atoms with Crippen LogP contribution in [0.15, 0.2) is 42.5 Å². The second kappa shape index (κ2) is 9.25. The second-order valence-corrected chi connectivity index (χ2v) is 7.21. The van der Waals surface area contributed by atoms with E-state index in [2.05, 4.69) is 28.4 Å². The van der Waals surface area contributed by atoms with E-state index in [4.69, 9.17) is 11.5 Å². The predicted molar refractivity (Wildman–Crippen MR) is 113 cm³/mol. The van der Waals surface area contributed by atoms with E-state index >= 15 is 0 Å². The van der Waals surface area contributed by atoms with Crippen molar-refractivity contribution < 1.29 is 4.79 Å². The zero-order chi connectivity index (χ0) is 19.9. The number of nitrogens with two attached hydrogens (primary N) is 2. The Morgan fingerprint density at radius 2 is 1.86 bits per heavy atom. The smallest absolute Gasteiger partial charge is 0.234 e. The summed E-state index contributed by atoms with van der Waals surface area (Å²) >= 11 is 0. The van der Waals surface area contributed by atoms with Crippen LogP contribution in [0, 0.1) is 11.3 Å². The van der Waals surface area contributed by atoms with Gasteiger partial charge in [0.1, 0.15) is 6.07 Å². The quantitative estimate of drug-likeness (QED) is 0.713. The molecule has 0 spiro atoms. The zero-order valence-electron chi connectivity index (χ0n) is 16.0. The minimum Gasteiger partial charge on any atom is -0.399 e. The minimum atomic E-state index is -0.220. The van der Waals surface area contributed by atoms with Crippen LogP contribution in [-0.2, 0) is 4.79 Å². The number of anilines is 2. The molecule has 0 radical (unpaired) electrons. The number of hydrogen-bond donors (Lipinski definition) is 3. The zero-order valence-corrected chi connectivity index (χ0v) is 16.0. The van der Waals surface area contributed by atoms with E-state index in [0.29, 0.717) is 0 Å². The average molecular weight is 377 g/mol. The summed E-state index contributed by atoms with van der Waals surface area (Å²) in [6, 6.07) is 16.1. The molecule has 0 bridgehead atoms. The number of benzene rings is 2. The van der Waals surface area contributed by atoms with Crippen molar-refractivity contribution in [2.24, 2.45) is 5.73 Å². The van der Waals surface area contributed by atoms with Crippen LogP contribution < -0.4 is 21.7 Å². The van der Waals surface area contributed by atoms with Gasteiger partial charge in [-0.1, -0.05) is 18.2 Å². The normalized spacial score (nSPS) is 18.2. The van der Waals surface area contributed by atoms with E-state index < -0.39 is 0 Å². The van der Waals surface area contributed by atoms with Gasteiger partial charge in [0, 0.05) is 18.8 Å². The molecule has 5 N–H and O–H groups in total. The SMILES string of the molecule is N#Cc1cc(-c2cccc(N)c2)ccc1N1CCCC1.NC(=O)C1CCCN1. The van der Waals surface area contributed by atoms with Crippen LogP contribution in [0.4, 0.5) is 11.4 Å². The fraction of sp³-hybridized carbons (Fsp3) is 0.364. The van der Waals surface area contributed by atoms with Crippen molar-refractivity contribution >= 4 is 17.3 Å². The molecule has 2 fully saturated rings. The van der Waals surface area contributed by atoms with Crippen LogP contribution in [0.25, 0.3) is 11.1 Å². The van der Waals surface area contributed by atoms with Gasteiger partial charge in [-0.25, -0.2) is 0 Å². The summed E-state index contributed by atoms with van der Waals surface area (Å²) in [6.07, 6.45) is 4.41. The molecule has 0 aromatic heterocycles. The Kier molecular flexibility index (Phi) is 6.51. The van der Waals surface area contributed by atoms with E-state index in [-0.39, 0.29) is 11.9 Å². The maximum Gasteiger partial charge on any atom is 0.234 e. The summed E-state index contributed by atoms with van der Waals surface area (Å²) in [5.41, 5.74) is 15.4. The molecule has 1 atom stereocenters. The van der Waals surface area contributed by atoms with Gasteiger partial charge in [-0.15, -0.1) is 0 Å². The Hall–Kier alpha value is -3.04. The van der Waals surface area contributed by atoms with Gasteiger partial charge < -0.3 is 21.7 Å². The van der Waals surface area contributed by atoms with Crippen molar-refractivity contribution in [2.75, 3.05) is 30.3 Å². The molecule has 2 heterocycles. The number of primary amides is 1. The molecule has 0 saturated carbocycles. The van der Waals surface area contributed by atoms with Crippen molar-refractivity contribution in [1.82, 2.24) is 5.32 Å². The van der Waals surface area contributed by atoms with Crippen molar-refractivity contribution in [3.63, 3.8) is 0 Å². The highest BCUT2D eigenvalue weighted by molar-refractivity contribution is 5.80. The van der Waals surface area contributed by atoms with Crippen LogP contribution in [0.1, 0.15) is 31.2 Å². The van der Waals surface area contributed by atoms with Gasteiger partial charge in [-0.05, 0) is 67.6 Å². The topological polar surface area (TPSA) is 108 Å². The number of nitrogens with zero attached hydrogens (tertiary/aromatic N) is 2. The van der Waals surface area contributed by atoms with E-state index in [1.165, 1.54) is 12.8 Å². The number of nitrogen functional groups attached to an aromatic ring is 1. The maximum absolute atomic E-state index is 10.4. The molecule has 2 aliphatic rings. The summed E-state index contributed by atoms with van der Waals surface area (Å²) in [5.74, 6) is -0.220. The number of carbonyl (C=O) groups is 1. The summed E-state index contributed by atoms with van der Waals surface area (Å²) in [7, 11) is 0. The Balaban J connectivity index is 0.000000236. The maximum atomic E-state index is 10.4. The summed E-state index contributed by atoms with van der Waals surface area (Å²) in [5, 5.41) is 12.4. The molecule has 1 amide bonds. The lowest BCUT2D eigenvalue weighted by Gasteiger charge is -2.19. The van der Waals surface area contributed by atoms with Gasteiger partial charge >= 0.3 is 0 Å². The Labute approximate surface area is 166 Å². The van der Waals surface area contributed by atoms with Crippen LogP contribution in [0.2, 0.25) is 0 Å². The van der Waals surface area contributed by atoms with E-state index in [0.717, 1.165) is 60.5 Å². The first kappa shape index (κ1) is 19.7. The average Bonchev–Trinajstić information content (AvgIpc) is 3.42. The third-order valence-corrected chi connectivity index (χ3v) is 5.19. The molecular weight excluding hydrogens is 350 g/mol. The highest BCUT2D eigenvalue weighted by atomic mass is 16.1. The van der Waals surface area contributed by atoms with Crippen LogP contribution in [-0.4, -0.2) is 31.6 Å². The number of carbonyl (C=O) groups excluding carboxylic acids is 1.